The maximum Gasteiger partial charge on any atom is 0.315 e. The topological polar surface area (TPSA) is 70.6 Å². The predicted molar refractivity (Wildman–Crippen MR) is 81.3 cm³/mol. The highest BCUT2D eigenvalue weighted by Crippen LogP contribution is 2.26. The summed E-state index contributed by atoms with van der Waals surface area (Å²) in [4.78, 5) is 11.6. The van der Waals surface area contributed by atoms with Gasteiger partial charge in [-0.3, -0.25) is 0 Å². The second kappa shape index (κ2) is 8.52. The van der Waals surface area contributed by atoms with E-state index in [1.54, 1.807) is 0 Å². The third-order valence-electron chi connectivity index (χ3n) is 3.63. The molecule has 1 fully saturated rings. The predicted octanol–water partition coefficient (Wildman–Crippen LogP) is 2.19. The van der Waals surface area contributed by atoms with E-state index in [0.29, 0.717) is 25.6 Å². The number of hydrogen-bond donors (Lipinski definition) is 3. The van der Waals surface area contributed by atoms with Crippen LogP contribution >= 0.6 is 0 Å². The number of aliphatic hydroxyl groups is 1. The first-order chi connectivity index (χ1) is 10.3. The molecular formula is C16H24N2O3. The van der Waals surface area contributed by atoms with Crippen molar-refractivity contribution in [3.63, 3.8) is 0 Å². The molecule has 1 aliphatic carbocycles. The van der Waals surface area contributed by atoms with Crippen LogP contribution in [0.5, 0.6) is 5.75 Å². The van der Waals surface area contributed by atoms with Crippen molar-refractivity contribution in [2.75, 3.05) is 13.2 Å². The fourth-order valence-electron chi connectivity index (χ4n) is 2.47. The van der Waals surface area contributed by atoms with Crippen molar-refractivity contribution in [2.24, 2.45) is 0 Å². The zero-order chi connectivity index (χ0) is 14.9. The molecule has 1 aliphatic rings. The molecule has 116 valence electrons. The number of amides is 2. The molecule has 0 heterocycles. The molecule has 0 spiro atoms. The summed E-state index contributed by atoms with van der Waals surface area (Å²) in [5, 5.41) is 14.2. The normalized spacial score (nSPS) is 14.9. The first-order valence-electron chi connectivity index (χ1n) is 7.66. The lowest BCUT2D eigenvalue weighted by molar-refractivity contribution is 0.207. The van der Waals surface area contributed by atoms with Gasteiger partial charge in [-0.15, -0.1) is 0 Å². The van der Waals surface area contributed by atoms with Crippen LogP contribution < -0.4 is 15.4 Å². The summed E-state index contributed by atoms with van der Waals surface area (Å²) in [6.07, 6.45) is 5.57. The van der Waals surface area contributed by atoms with Gasteiger partial charge < -0.3 is 20.5 Å². The Bertz CT molecular complexity index is 445. The van der Waals surface area contributed by atoms with E-state index >= 15 is 0 Å². The average molecular weight is 292 g/mol. The number of rotatable bonds is 7. The molecule has 0 radical (unpaired) electrons. The first kappa shape index (κ1) is 15.6. The van der Waals surface area contributed by atoms with Crippen LogP contribution in [0.15, 0.2) is 24.3 Å². The lowest BCUT2D eigenvalue weighted by Crippen LogP contribution is -2.35. The third-order valence-corrected chi connectivity index (χ3v) is 3.63. The monoisotopic (exact) mass is 292 g/mol. The number of carbonyl (C=O) groups excluding carboxylic acids is 1. The second-order valence-electron chi connectivity index (χ2n) is 5.32. The molecule has 0 atom stereocenters. The Kier molecular flexibility index (Phi) is 6.34. The average Bonchev–Trinajstić information content (AvgIpc) is 3.00. The summed E-state index contributed by atoms with van der Waals surface area (Å²) in [6.45, 7) is 0.995. The minimum Gasteiger partial charge on any atom is -0.490 e. The van der Waals surface area contributed by atoms with Crippen LogP contribution in [-0.2, 0) is 6.54 Å². The molecule has 0 unspecified atom stereocenters. The van der Waals surface area contributed by atoms with Crippen molar-refractivity contribution in [3.05, 3.63) is 29.8 Å². The van der Waals surface area contributed by atoms with E-state index in [0.717, 1.165) is 24.2 Å². The number of carbonyl (C=O) groups is 1. The van der Waals surface area contributed by atoms with Gasteiger partial charge in [0.1, 0.15) is 5.75 Å². The number of benzene rings is 1. The summed E-state index contributed by atoms with van der Waals surface area (Å²) >= 11 is 0. The lowest BCUT2D eigenvalue weighted by atomic mass is 10.2. The molecule has 1 aromatic rings. The van der Waals surface area contributed by atoms with E-state index in [-0.39, 0.29) is 12.6 Å². The Morgan fingerprint density at radius 3 is 2.76 bits per heavy atom. The summed E-state index contributed by atoms with van der Waals surface area (Å²) < 4.78 is 6.03. The molecule has 1 aromatic carbocycles. The number of urea groups is 1. The Labute approximate surface area is 125 Å². The van der Waals surface area contributed by atoms with Crippen molar-refractivity contribution in [2.45, 2.75) is 44.8 Å². The van der Waals surface area contributed by atoms with Crippen LogP contribution in [0.1, 0.15) is 37.7 Å². The smallest absolute Gasteiger partial charge is 0.315 e. The highest BCUT2D eigenvalue weighted by molar-refractivity contribution is 5.73. The largest absolute Gasteiger partial charge is 0.490 e. The van der Waals surface area contributed by atoms with Crippen LogP contribution in [0.3, 0.4) is 0 Å². The summed E-state index contributed by atoms with van der Waals surface area (Å²) in [5.41, 5.74) is 0.988. The van der Waals surface area contributed by atoms with Crippen molar-refractivity contribution in [3.8, 4) is 5.75 Å². The van der Waals surface area contributed by atoms with Gasteiger partial charge in [0.2, 0.25) is 0 Å². The molecule has 3 N–H and O–H groups in total. The molecular weight excluding hydrogens is 268 g/mol. The quantitative estimate of drug-likeness (QED) is 0.675. The zero-order valence-electron chi connectivity index (χ0n) is 12.3. The molecule has 1 saturated carbocycles. The van der Waals surface area contributed by atoms with Crippen molar-refractivity contribution in [1.29, 1.82) is 0 Å². The number of hydrogen-bond acceptors (Lipinski definition) is 3. The SMILES string of the molecule is O=C(NCCCO)NCc1ccccc1OC1CCCC1. The van der Waals surface area contributed by atoms with Crippen LogP contribution in [0.25, 0.3) is 0 Å². The van der Waals surface area contributed by atoms with E-state index in [1.165, 1.54) is 12.8 Å². The fourth-order valence-corrected chi connectivity index (χ4v) is 2.47. The molecule has 2 rings (SSSR count). The molecule has 21 heavy (non-hydrogen) atoms. The third kappa shape index (κ3) is 5.27. The molecule has 0 aliphatic heterocycles. The van der Waals surface area contributed by atoms with Crippen molar-refractivity contribution >= 4 is 6.03 Å². The minimum atomic E-state index is -0.223. The number of nitrogens with one attached hydrogen (secondary N) is 2. The van der Waals surface area contributed by atoms with Crippen molar-refractivity contribution < 1.29 is 14.6 Å². The van der Waals surface area contributed by atoms with E-state index < -0.39 is 0 Å². The zero-order valence-corrected chi connectivity index (χ0v) is 12.3. The molecule has 5 heteroatoms. The van der Waals surface area contributed by atoms with E-state index in [4.69, 9.17) is 9.84 Å². The maximum atomic E-state index is 11.6. The highest BCUT2D eigenvalue weighted by Gasteiger charge is 2.17. The first-order valence-corrected chi connectivity index (χ1v) is 7.66. The van der Waals surface area contributed by atoms with Crippen LogP contribution in [0, 0.1) is 0 Å². The second-order valence-corrected chi connectivity index (χ2v) is 5.32. The van der Waals surface area contributed by atoms with Gasteiger partial charge in [-0.05, 0) is 38.2 Å². The van der Waals surface area contributed by atoms with Crippen molar-refractivity contribution in [1.82, 2.24) is 10.6 Å². The number of para-hydroxylation sites is 1. The fraction of sp³-hybridized carbons (Fsp3) is 0.562. The summed E-state index contributed by atoms with van der Waals surface area (Å²) in [6, 6.07) is 7.60. The molecule has 0 bridgehead atoms. The van der Waals surface area contributed by atoms with Gasteiger partial charge in [0.15, 0.2) is 0 Å². The lowest BCUT2D eigenvalue weighted by Gasteiger charge is -2.17. The number of aliphatic hydroxyl groups excluding tert-OH is 1. The van der Waals surface area contributed by atoms with E-state index in [2.05, 4.69) is 10.6 Å². The van der Waals surface area contributed by atoms with Crippen LogP contribution in [0.2, 0.25) is 0 Å². The Hall–Kier alpha value is -1.75. The maximum absolute atomic E-state index is 11.6. The van der Waals surface area contributed by atoms with E-state index in [9.17, 15) is 4.79 Å². The van der Waals surface area contributed by atoms with E-state index in [1.807, 2.05) is 24.3 Å². The number of ether oxygens (including phenoxy) is 1. The minimum absolute atomic E-state index is 0.0817. The van der Waals surface area contributed by atoms with Gasteiger partial charge in [-0.25, -0.2) is 4.79 Å². The molecule has 0 saturated heterocycles. The Morgan fingerprint density at radius 1 is 1.24 bits per heavy atom. The molecule has 5 nitrogen and oxygen atoms in total. The van der Waals surface area contributed by atoms with Gasteiger partial charge in [0.25, 0.3) is 0 Å². The van der Waals surface area contributed by atoms with Gasteiger partial charge in [-0.1, -0.05) is 18.2 Å². The summed E-state index contributed by atoms with van der Waals surface area (Å²) in [5.74, 6) is 0.861. The van der Waals surface area contributed by atoms with Gasteiger partial charge in [0.05, 0.1) is 6.10 Å². The Morgan fingerprint density at radius 2 is 2.00 bits per heavy atom. The van der Waals surface area contributed by atoms with Gasteiger partial charge in [0, 0.05) is 25.3 Å². The molecule has 2 amide bonds. The molecule has 0 aromatic heterocycles. The van der Waals surface area contributed by atoms with Crippen LogP contribution in [-0.4, -0.2) is 30.4 Å². The Balaban J connectivity index is 1.83. The highest BCUT2D eigenvalue weighted by atomic mass is 16.5. The van der Waals surface area contributed by atoms with Gasteiger partial charge in [-0.2, -0.15) is 0 Å². The standard InChI is InChI=1S/C16H24N2O3/c19-11-5-10-17-16(20)18-12-13-6-1-4-9-15(13)21-14-7-2-3-8-14/h1,4,6,9,14,19H,2-3,5,7-8,10-12H2,(H2,17,18,20). The van der Waals surface area contributed by atoms with Crippen LogP contribution in [0.4, 0.5) is 4.79 Å². The van der Waals surface area contributed by atoms with Gasteiger partial charge >= 0.3 is 6.03 Å². The summed E-state index contributed by atoms with van der Waals surface area (Å²) in [7, 11) is 0.